The Morgan fingerprint density at radius 1 is 1.38 bits per heavy atom. The zero-order valence-corrected chi connectivity index (χ0v) is 10.0. The molecule has 0 aromatic heterocycles. The van der Waals surface area contributed by atoms with Crippen molar-refractivity contribution in [1.82, 2.24) is 0 Å². The Balaban J connectivity index is 2.13. The molecule has 0 heterocycles. The van der Waals surface area contributed by atoms with Crippen molar-refractivity contribution in [3.05, 3.63) is 40.4 Å². The van der Waals surface area contributed by atoms with E-state index in [4.69, 9.17) is 16.3 Å². The van der Waals surface area contributed by atoms with Crippen LogP contribution >= 0.6 is 11.6 Å². The fraction of sp³-hybridized carbons (Fsp3) is 0.308. The second-order valence-electron chi connectivity index (χ2n) is 3.79. The second-order valence-corrected chi connectivity index (χ2v) is 4.23. The molecule has 0 fully saturated rings. The maximum Gasteiger partial charge on any atom is 0.317 e. The molecular weight excluding hydrogens is 224 g/mol. The molecule has 1 aliphatic carbocycles. The van der Waals surface area contributed by atoms with Gasteiger partial charge in [0, 0.05) is 5.02 Å². The molecule has 16 heavy (non-hydrogen) atoms. The predicted octanol–water partition coefficient (Wildman–Crippen LogP) is 3.31. The lowest BCUT2D eigenvalue weighted by atomic mass is 10.1. The fourth-order valence-electron chi connectivity index (χ4n) is 1.87. The summed E-state index contributed by atoms with van der Waals surface area (Å²) < 4.78 is 5.01. The monoisotopic (exact) mass is 236 g/mol. The normalized spacial score (nSPS) is 18.6. The highest BCUT2D eigenvalue weighted by Crippen LogP contribution is 2.47. The minimum absolute atomic E-state index is 0.138. The number of benzene rings is 1. The van der Waals surface area contributed by atoms with Gasteiger partial charge in [-0.15, -0.1) is 0 Å². The molecule has 1 atom stereocenters. The minimum Gasteiger partial charge on any atom is -0.465 e. The van der Waals surface area contributed by atoms with Crippen LogP contribution in [-0.2, 0) is 9.53 Å². The van der Waals surface area contributed by atoms with Crippen molar-refractivity contribution in [2.45, 2.75) is 13.8 Å². The van der Waals surface area contributed by atoms with Gasteiger partial charge in [-0.25, -0.2) is 0 Å². The molecule has 0 saturated heterocycles. The molecule has 1 aromatic rings. The van der Waals surface area contributed by atoms with Gasteiger partial charge < -0.3 is 4.74 Å². The average Bonchev–Trinajstić information content (AvgIpc) is 2.92. The molecule has 0 spiro atoms. The first-order valence-electron chi connectivity index (χ1n) is 5.28. The maximum absolute atomic E-state index is 11.6. The van der Waals surface area contributed by atoms with Crippen molar-refractivity contribution in [1.29, 1.82) is 0 Å². The van der Waals surface area contributed by atoms with E-state index in [2.05, 4.69) is 0 Å². The van der Waals surface area contributed by atoms with Gasteiger partial charge in [0.15, 0.2) is 0 Å². The summed E-state index contributed by atoms with van der Waals surface area (Å²) in [7, 11) is 0. The van der Waals surface area contributed by atoms with Crippen LogP contribution in [0.25, 0.3) is 5.57 Å². The first-order valence-corrected chi connectivity index (χ1v) is 5.66. The lowest BCUT2D eigenvalue weighted by Gasteiger charge is -2.01. The first kappa shape index (κ1) is 11.2. The highest BCUT2D eigenvalue weighted by Gasteiger charge is 2.40. The van der Waals surface area contributed by atoms with Crippen LogP contribution in [0.15, 0.2) is 29.8 Å². The zero-order chi connectivity index (χ0) is 11.7. The Bertz CT molecular complexity index is 446. The summed E-state index contributed by atoms with van der Waals surface area (Å²) >= 11 is 5.81. The van der Waals surface area contributed by atoms with Crippen molar-refractivity contribution in [3.8, 4) is 0 Å². The number of halogens is 1. The van der Waals surface area contributed by atoms with E-state index in [9.17, 15) is 4.79 Å². The number of carbonyl (C=O) groups is 1. The van der Waals surface area contributed by atoms with Crippen LogP contribution < -0.4 is 0 Å². The summed E-state index contributed by atoms with van der Waals surface area (Å²) in [5, 5.41) is 0.704. The van der Waals surface area contributed by atoms with Gasteiger partial charge in [-0.1, -0.05) is 23.7 Å². The van der Waals surface area contributed by atoms with Gasteiger partial charge in [-0.05, 0) is 42.7 Å². The van der Waals surface area contributed by atoms with Crippen LogP contribution in [-0.4, -0.2) is 12.6 Å². The summed E-state index contributed by atoms with van der Waals surface area (Å²) in [5.74, 6) is -0.286. The Hall–Kier alpha value is -1.28. The van der Waals surface area contributed by atoms with E-state index in [1.165, 1.54) is 0 Å². The molecule has 2 rings (SSSR count). The van der Waals surface area contributed by atoms with E-state index in [-0.39, 0.29) is 11.9 Å². The summed E-state index contributed by atoms with van der Waals surface area (Å²) in [6.45, 7) is 4.21. The Morgan fingerprint density at radius 2 is 2.00 bits per heavy atom. The smallest absolute Gasteiger partial charge is 0.317 e. The quantitative estimate of drug-likeness (QED) is 0.753. The van der Waals surface area contributed by atoms with E-state index >= 15 is 0 Å². The predicted molar refractivity (Wildman–Crippen MR) is 64.2 cm³/mol. The van der Waals surface area contributed by atoms with Crippen LogP contribution in [0.5, 0.6) is 0 Å². The van der Waals surface area contributed by atoms with Gasteiger partial charge in [0.25, 0.3) is 0 Å². The van der Waals surface area contributed by atoms with Gasteiger partial charge >= 0.3 is 5.97 Å². The van der Waals surface area contributed by atoms with E-state index < -0.39 is 0 Å². The highest BCUT2D eigenvalue weighted by molar-refractivity contribution is 6.30. The van der Waals surface area contributed by atoms with Gasteiger partial charge in [-0.3, -0.25) is 4.79 Å². The summed E-state index contributed by atoms with van der Waals surface area (Å²) in [6.07, 6.45) is 0. The Kier molecular flexibility index (Phi) is 3.01. The van der Waals surface area contributed by atoms with Gasteiger partial charge in [0.2, 0.25) is 0 Å². The number of hydrogen-bond donors (Lipinski definition) is 0. The number of hydrogen-bond acceptors (Lipinski definition) is 2. The zero-order valence-electron chi connectivity index (χ0n) is 9.29. The second kappa shape index (κ2) is 4.30. The average molecular weight is 237 g/mol. The SMILES string of the molecule is CCOC(=O)C1C(C)=C1c1ccc(Cl)cc1. The van der Waals surface area contributed by atoms with Crippen molar-refractivity contribution in [3.63, 3.8) is 0 Å². The molecule has 0 saturated carbocycles. The van der Waals surface area contributed by atoms with Gasteiger partial charge in [0.05, 0.1) is 6.61 Å². The number of esters is 1. The van der Waals surface area contributed by atoms with Gasteiger partial charge in [-0.2, -0.15) is 0 Å². The largest absolute Gasteiger partial charge is 0.465 e. The maximum atomic E-state index is 11.6. The Labute approximate surface area is 99.9 Å². The van der Waals surface area contributed by atoms with Crippen molar-refractivity contribution < 1.29 is 9.53 Å². The third-order valence-electron chi connectivity index (χ3n) is 2.74. The van der Waals surface area contributed by atoms with Crippen LogP contribution in [0.1, 0.15) is 19.4 Å². The molecule has 3 heteroatoms. The molecular formula is C13H13ClO2. The summed E-state index contributed by atoms with van der Waals surface area (Å²) in [6, 6.07) is 7.52. The third kappa shape index (κ3) is 1.98. The van der Waals surface area contributed by atoms with Crippen LogP contribution in [0.4, 0.5) is 0 Å². The fourth-order valence-corrected chi connectivity index (χ4v) is 2.00. The highest BCUT2D eigenvalue weighted by atomic mass is 35.5. The molecule has 1 unspecified atom stereocenters. The summed E-state index contributed by atoms with van der Waals surface area (Å²) in [4.78, 5) is 11.6. The number of rotatable bonds is 3. The first-order chi connectivity index (χ1) is 7.65. The van der Waals surface area contributed by atoms with E-state index in [1.807, 2.05) is 38.1 Å². The van der Waals surface area contributed by atoms with E-state index in [0.717, 1.165) is 16.7 Å². The van der Waals surface area contributed by atoms with Crippen LogP contribution in [0.3, 0.4) is 0 Å². The molecule has 0 bridgehead atoms. The number of carbonyl (C=O) groups excluding carboxylic acids is 1. The third-order valence-corrected chi connectivity index (χ3v) is 2.99. The topological polar surface area (TPSA) is 26.3 Å². The molecule has 1 aliphatic rings. The molecule has 1 aromatic carbocycles. The van der Waals surface area contributed by atoms with Crippen LogP contribution in [0, 0.1) is 5.92 Å². The van der Waals surface area contributed by atoms with Gasteiger partial charge in [0.1, 0.15) is 5.92 Å². The van der Waals surface area contributed by atoms with E-state index in [1.54, 1.807) is 0 Å². The Morgan fingerprint density at radius 3 is 2.56 bits per heavy atom. The minimum atomic E-state index is -0.148. The van der Waals surface area contributed by atoms with E-state index in [0.29, 0.717) is 11.6 Å². The molecule has 0 aliphatic heterocycles. The molecule has 2 nitrogen and oxygen atoms in total. The molecule has 0 N–H and O–H groups in total. The number of ether oxygens (including phenoxy) is 1. The molecule has 0 radical (unpaired) electrons. The van der Waals surface area contributed by atoms with Crippen LogP contribution in [0.2, 0.25) is 5.02 Å². The van der Waals surface area contributed by atoms with Crippen molar-refractivity contribution in [2.24, 2.45) is 5.92 Å². The molecule has 0 amide bonds. The summed E-state index contributed by atoms with van der Waals surface area (Å²) in [5.41, 5.74) is 3.23. The van der Waals surface area contributed by atoms with Crippen molar-refractivity contribution >= 4 is 23.1 Å². The standard InChI is InChI=1S/C13H13ClO2/c1-3-16-13(15)12-8(2)11(12)9-4-6-10(14)7-5-9/h4-7,12H,3H2,1-2H3. The van der Waals surface area contributed by atoms with Crippen molar-refractivity contribution in [2.75, 3.05) is 6.61 Å². The lowest BCUT2D eigenvalue weighted by Crippen LogP contribution is -2.08. The lowest BCUT2D eigenvalue weighted by molar-refractivity contribution is -0.143. The molecule has 84 valence electrons.